The van der Waals surface area contributed by atoms with Crippen molar-refractivity contribution in [1.29, 1.82) is 0 Å². The van der Waals surface area contributed by atoms with Crippen molar-refractivity contribution < 1.29 is 17.9 Å². The van der Waals surface area contributed by atoms with Gasteiger partial charge in [-0.1, -0.05) is 0 Å². The molecule has 1 saturated heterocycles. The van der Waals surface area contributed by atoms with Crippen molar-refractivity contribution in [3.8, 4) is 0 Å². The van der Waals surface area contributed by atoms with Crippen LogP contribution in [0.4, 0.5) is 0 Å². The fourth-order valence-electron chi connectivity index (χ4n) is 1.61. The molecule has 0 spiro atoms. The highest BCUT2D eigenvalue weighted by molar-refractivity contribution is 7.91. The van der Waals surface area contributed by atoms with Crippen LogP contribution < -0.4 is 0 Å². The second-order valence-electron chi connectivity index (χ2n) is 3.53. The molecule has 0 aliphatic carbocycles. The lowest BCUT2D eigenvalue weighted by molar-refractivity contribution is -0.148. The third-order valence-electron chi connectivity index (χ3n) is 2.41. The zero-order valence-corrected chi connectivity index (χ0v) is 9.18. The van der Waals surface area contributed by atoms with Gasteiger partial charge in [-0.25, -0.2) is 8.42 Å². The van der Waals surface area contributed by atoms with Crippen LogP contribution >= 0.6 is 0 Å². The lowest BCUT2D eigenvalue weighted by Crippen LogP contribution is -2.18. The van der Waals surface area contributed by atoms with E-state index in [1.54, 1.807) is 6.92 Å². The minimum Gasteiger partial charge on any atom is -0.466 e. The summed E-state index contributed by atoms with van der Waals surface area (Å²) in [6.07, 6.45) is 1.63. The molecule has 1 unspecified atom stereocenters. The van der Waals surface area contributed by atoms with Gasteiger partial charge in [0.15, 0.2) is 0 Å². The number of sulfone groups is 1. The van der Waals surface area contributed by atoms with E-state index in [2.05, 4.69) is 0 Å². The molecular formula is C9H16O4S. The van der Waals surface area contributed by atoms with Gasteiger partial charge in [-0.2, -0.15) is 0 Å². The maximum atomic E-state index is 11.3. The van der Waals surface area contributed by atoms with Crippen LogP contribution in [0.1, 0.15) is 26.2 Å². The SMILES string of the molecule is CCOC(=O)C1CCCS(=O)(=O)CC1. The molecule has 1 rings (SSSR count). The van der Waals surface area contributed by atoms with Gasteiger partial charge in [0.1, 0.15) is 9.84 Å². The smallest absolute Gasteiger partial charge is 0.308 e. The van der Waals surface area contributed by atoms with Gasteiger partial charge in [0.05, 0.1) is 24.0 Å². The molecule has 0 aromatic heterocycles. The van der Waals surface area contributed by atoms with E-state index in [9.17, 15) is 13.2 Å². The van der Waals surface area contributed by atoms with Crippen LogP contribution in [0.5, 0.6) is 0 Å². The van der Waals surface area contributed by atoms with E-state index in [-0.39, 0.29) is 23.4 Å². The summed E-state index contributed by atoms with van der Waals surface area (Å²) in [6, 6.07) is 0. The van der Waals surface area contributed by atoms with Crippen LogP contribution in [0.2, 0.25) is 0 Å². The van der Waals surface area contributed by atoms with E-state index >= 15 is 0 Å². The number of carbonyl (C=O) groups is 1. The molecular weight excluding hydrogens is 204 g/mol. The van der Waals surface area contributed by atoms with E-state index < -0.39 is 9.84 Å². The average Bonchev–Trinajstić information content (AvgIpc) is 2.27. The number of hydrogen-bond donors (Lipinski definition) is 0. The fraction of sp³-hybridized carbons (Fsp3) is 0.889. The van der Waals surface area contributed by atoms with E-state index in [1.807, 2.05) is 0 Å². The lowest BCUT2D eigenvalue weighted by atomic mass is 10.0. The number of ether oxygens (including phenoxy) is 1. The topological polar surface area (TPSA) is 60.4 Å². The standard InChI is InChI=1S/C9H16O4S/c1-2-13-9(10)8-4-3-6-14(11,12)7-5-8/h8H,2-7H2,1H3. The summed E-state index contributed by atoms with van der Waals surface area (Å²) in [5.41, 5.74) is 0. The molecule has 4 nitrogen and oxygen atoms in total. The first-order chi connectivity index (χ1) is 6.55. The molecule has 0 aromatic rings. The molecule has 14 heavy (non-hydrogen) atoms. The van der Waals surface area contributed by atoms with Crippen LogP contribution in [-0.4, -0.2) is 32.5 Å². The quantitative estimate of drug-likeness (QED) is 0.645. The molecule has 1 fully saturated rings. The molecule has 1 atom stereocenters. The summed E-state index contributed by atoms with van der Waals surface area (Å²) in [5.74, 6) is -0.129. The summed E-state index contributed by atoms with van der Waals surface area (Å²) in [6.45, 7) is 2.12. The Kier molecular flexibility index (Phi) is 3.92. The summed E-state index contributed by atoms with van der Waals surface area (Å²) in [5, 5.41) is 0. The first-order valence-electron chi connectivity index (χ1n) is 4.92. The normalized spacial score (nSPS) is 26.5. The van der Waals surface area contributed by atoms with Crippen molar-refractivity contribution in [3.05, 3.63) is 0 Å². The van der Waals surface area contributed by atoms with Gasteiger partial charge >= 0.3 is 5.97 Å². The first kappa shape index (κ1) is 11.5. The zero-order valence-electron chi connectivity index (χ0n) is 8.36. The highest BCUT2D eigenvalue weighted by atomic mass is 32.2. The van der Waals surface area contributed by atoms with Crippen molar-refractivity contribution in [2.24, 2.45) is 5.92 Å². The van der Waals surface area contributed by atoms with Crippen molar-refractivity contribution >= 4 is 15.8 Å². The average molecular weight is 220 g/mol. The Labute approximate surface area is 84.6 Å². The van der Waals surface area contributed by atoms with Gasteiger partial charge in [-0.15, -0.1) is 0 Å². The predicted molar refractivity (Wildman–Crippen MR) is 52.6 cm³/mol. The van der Waals surface area contributed by atoms with E-state index in [0.717, 1.165) is 0 Å². The Bertz CT molecular complexity index is 294. The van der Waals surface area contributed by atoms with Gasteiger partial charge in [-0.3, -0.25) is 4.79 Å². The molecule has 0 bridgehead atoms. The molecule has 1 aliphatic heterocycles. The number of rotatable bonds is 2. The van der Waals surface area contributed by atoms with Gasteiger partial charge in [0, 0.05) is 0 Å². The van der Waals surface area contributed by atoms with Gasteiger partial charge in [-0.05, 0) is 26.2 Å². The van der Waals surface area contributed by atoms with Gasteiger partial charge in [0.2, 0.25) is 0 Å². The summed E-state index contributed by atoms with van der Waals surface area (Å²) >= 11 is 0. The Balaban J connectivity index is 2.54. The van der Waals surface area contributed by atoms with Crippen LogP contribution in [-0.2, 0) is 19.4 Å². The van der Waals surface area contributed by atoms with Crippen LogP contribution in [0, 0.1) is 5.92 Å². The molecule has 0 amide bonds. The molecule has 0 saturated carbocycles. The number of carbonyl (C=O) groups excluding carboxylic acids is 1. The number of hydrogen-bond acceptors (Lipinski definition) is 4. The maximum absolute atomic E-state index is 11.3. The molecule has 0 aromatic carbocycles. The van der Waals surface area contributed by atoms with E-state index in [0.29, 0.717) is 25.9 Å². The molecule has 0 radical (unpaired) electrons. The second kappa shape index (κ2) is 4.77. The Hall–Kier alpha value is -0.580. The molecule has 0 N–H and O–H groups in total. The Morgan fingerprint density at radius 1 is 1.36 bits per heavy atom. The van der Waals surface area contributed by atoms with Crippen molar-refractivity contribution in [3.63, 3.8) is 0 Å². The summed E-state index contributed by atoms with van der Waals surface area (Å²) in [7, 11) is -2.91. The maximum Gasteiger partial charge on any atom is 0.308 e. The van der Waals surface area contributed by atoms with Crippen molar-refractivity contribution in [1.82, 2.24) is 0 Å². The highest BCUT2D eigenvalue weighted by Crippen LogP contribution is 2.19. The Morgan fingerprint density at radius 3 is 2.71 bits per heavy atom. The third-order valence-corrected chi connectivity index (χ3v) is 4.17. The lowest BCUT2D eigenvalue weighted by Gasteiger charge is -2.10. The van der Waals surface area contributed by atoms with Crippen LogP contribution in [0.25, 0.3) is 0 Å². The van der Waals surface area contributed by atoms with E-state index in [1.165, 1.54) is 0 Å². The molecule has 1 heterocycles. The molecule has 82 valence electrons. The largest absolute Gasteiger partial charge is 0.466 e. The van der Waals surface area contributed by atoms with Crippen molar-refractivity contribution in [2.75, 3.05) is 18.1 Å². The number of esters is 1. The highest BCUT2D eigenvalue weighted by Gasteiger charge is 2.26. The monoisotopic (exact) mass is 220 g/mol. The molecule has 5 heteroatoms. The minimum atomic E-state index is -2.91. The van der Waals surface area contributed by atoms with Crippen LogP contribution in [0.3, 0.4) is 0 Å². The Morgan fingerprint density at radius 2 is 2.07 bits per heavy atom. The minimum absolute atomic E-state index is 0.122. The summed E-state index contributed by atoms with van der Waals surface area (Å²) in [4.78, 5) is 11.3. The second-order valence-corrected chi connectivity index (χ2v) is 5.84. The van der Waals surface area contributed by atoms with E-state index in [4.69, 9.17) is 4.74 Å². The summed E-state index contributed by atoms with van der Waals surface area (Å²) < 4.78 is 27.4. The van der Waals surface area contributed by atoms with Gasteiger partial charge in [0.25, 0.3) is 0 Å². The van der Waals surface area contributed by atoms with Crippen LogP contribution in [0.15, 0.2) is 0 Å². The third kappa shape index (κ3) is 3.29. The molecule has 1 aliphatic rings. The van der Waals surface area contributed by atoms with Gasteiger partial charge < -0.3 is 4.74 Å². The fourth-order valence-corrected chi connectivity index (χ4v) is 3.07. The first-order valence-corrected chi connectivity index (χ1v) is 6.74. The zero-order chi connectivity index (χ0) is 10.6. The van der Waals surface area contributed by atoms with Crippen molar-refractivity contribution in [2.45, 2.75) is 26.2 Å². The predicted octanol–water partition coefficient (Wildman–Crippen LogP) is 0.764.